The van der Waals surface area contributed by atoms with E-state index in [0.29, 0.717) is 5.56 Å². The summed E-state index contributed by atoms with van der Waals surface area (Å²) in [5, 5.41) is 20.7. The second kappa shape index (κ2) is 11.7. The Hall–Kier alpha value is -3.56. The lowest BCUT2D eigenvalue weighted by molar-refractivity contribution is -0.153. The van der Waals surface area contributed by atoms with Gasteiger partial charge in [0, 0.05) is 0 Å². The maximum absolute atomic E-state index is 12.8. The Morgan fingerprint density at radius 1 is 0.800 bits per heavy atom. The van der Waals surface area contributed by atoms with Crippen molar-refractivity contribution in [3.8, 4) is 0 Å². The van der Waals surface area contributed by atoms with Gasteiger partial charge in [0.15, 0.2) is 12.4 Å². The highest BCUT2D eigenvalue weighted by Crippen LogP contribution is 2.28. The maximum atomic E-state index is 12.8. The van der Waals surface area contributed by atoms with E-state index >= 15 is 0 Å². The van der Waals surface area contributed by atoms with Crippen molar-refractivity contribution in [3.63, 3.8) is 0 Å². The molecule has 1 saturated heterocycles. The summed E-state index contributed by atoms with van der Waals surface area (Å²) >= 11 is 0. The number of ether oxygens (including phenoxy) is 4. The van der Waals surface area contributed by atoms with Gasteiger partial charge in [-0.15, -0.1) is 0 Å². The molecule has 1 unspecified atom stereocenters. The Morgan fingerprint density at radius 3 is 1.94 bits per heavy atom. The lowest BCUT2D eigenvalue weighted by Crippen LogP contribution is -2.45. The maximum Gasteiger partial charge on any atom is 0.338 e. The Morgan fingerprint density at radius 2 is 1.34 bits per heavy atom. The fraction of sp³-hybridized carbons (Fsp3) is 0.259. The van der Waals surface area contributed by atoms with Crippen LogP contribution in [0.15, 0.2) is 91.0 Å². The third kappa shape index (κ3) is 6.32. The molecule has 1 aliphatic heterocycles. The molecule has 2 N–H and O–H groups in total. The third-order valence-electron chi connectivity index (χ3n) is 5.56. The van der Waals surface area contributed by atoms with E-state index in [2.05, 4.69) is 0 Å². The van der Waals surface area contributed by atoms with Crippen molar-refractivity contribution >= 4 is 11.9 Å². The number of carbonyl (C=O) groups excluding carboxylic acids is 2. The summed E-state index contributed by atoms with van der Waals surface area (Å²) in [6.07, 6.45) is -6.27. The first-order valence-corrected chi connectivity index (χ1v) is 11.2. The van der Waals surface area contributed by atoms with Gasteiger partial charge in [0.05, 0.1) is 17.7 Å². The van der Waals surface area contributed by atoms with Crippen LogP contribution in [0.1, 0.15) is 26.3 Å². The zero-order chi connectivity index (χ0) is 24.6. The predicted octanol–water partition coefficient (Wildman–Crippen LogP) is 2.73. The molecule has 0 aliphatic carbocycles. The Labute approximate surface area is 202 Å². The van der Waals surface area contributed by atoms with E-state index in [-0.39, 0.29) is 18.8 Å². The summed E-state index contributed by atoms with van der Waals surface area (Å²) in [5.74, 6) is -1.29. The molecule has 4 rings (SSSR count). The van der Waals surface area contributed by atoms with Gasteiger partial charge in [-0.25, -0.2) is 9.59 Å². The number of hydrogen-bond acceptors (Lipinski definition) is 8. The number of hydrogen-bond donors (Lipinski definition) is 2. The topological polar surface area (TPSA) is 112 Å². The molecule has 5 atom stereocenters. The number of rotatable bonds is 9. The highest BCUT2D eigenvalue weighted by Gasteiger charge is 2.49. The monoisotopic (exact) mass is 478 g/mol. The van der Waals surface area contributed by atoms with Gasteiger partial charge in [-0.3, -0.25) is 0 Å². The van der Waals surface area contributed by atoms with E-state index in [0.717, 1.165) is 5.56 Å². The summed E-state index contributed by atoms with van der Waals surface area (Å²) in [4.78, 5) is 25.3. The molecule has 0 radical (unpaired) electrons. The zero-order valence-corrected chi connectivity index (χ0v) is 18.8. The molecule has 1 fully saturated rings. The van der Waals surface area contributed by atoms with Crippen molar-refractivity contribution < 1.29 is 38.7 Å². The van der Waals surface area contributed by atoms with Gasteiger partial charge < -0.3 is 29.2 Å². The molecule has 0 bridgehead atoms. The normalized spacial score (nSPS) is 22.3. The number of esters is 2. The molecule has 35 heavy (non-hydrogen) atoms. The standard InChI is InChI=1S/C27H26O8/c28-22-24(32-16-18-10-4-1-5-11-18)23(35-27(22)31)21(34-26(30)20-14-8-3-9-15-20)17-33-25(29)19-12-6-2-7-13-19/h1-15,21-24,27-28,31H,16-17H2/t21-,22-,23-,24-,27?/m1/s1. The number of aliphatic hydroxyl groups excluding tert-OH is 2. The van der Waals surface area contributed by atoms with Gasteiger partial charge in [-0.1, -0.05) is 66.7 Å². The molecule has 182 valence electrons. The minimum atomic E-state index is -1.57. The fourth-order valence-corrected chi connectivity index (χ4v) is 3.73. The highest BCUT2D eigenvalue weighted by molar-refractivity contribution is 5.90. The summed E-state index contributed by atoms with van der Waals surface area (Å²) in [7, 11) is 0. The molecule has 1 heterocycles. The van der Waals surface area contributed by atoms with E-state index in [4.69, 9.17) is 18.9 Å². The van der Waals surface area contributed by atoms with Crippen LogP contribution >= 0.6 is 0 Å². The Kier molecular flexibility index (Phi) is 8.23. The Bertz CT molecular complexity index is 1090. The summed E-state index contributed by atoms with van der Waals surface area (Å²) in [6.45, 7) is -0.250. The van der Waals surface area contributed by atoms with E-state index in [1.54, 1.807) is 60.7 Å². The molecular weight excluding hydrogens is 452 g/mol. The van der Waals surface area contributed by atoms with E-state index in [9.17, 15) is 19.8 Å². The molecule has 0 spiro atoms. The first kappa shape index (κ1) is 24.6. The molecule has 0 amide bonds. The zero-order valence-electron chi connectivity index (χ0n) is 18.8. The molecule has 3 aromatic carbocycles. The fourth-order valence-electron chi connectivity index (χ4n) is 3.73. The molecule has 8 heteroatoms. The minimum absolute atomic E-state index is 0.123. The molecule has 8 nitrogen and oxygen atoms in total. The third-order valence-corrected chi connectivity index (χ3v) is 5.56. The summed E-state index contributed by atoms with van der Waals surface area (Å²) in [5.41, 5.74) is 1.45. The summed E-state index contributed by atoms with van der Waals surface area (Å²) < 4.78 is 22.4. The van der Waals surface area contributed by atoms with Crippen molar-refractivity contribution in [2.75, 3.05) is 6.61 Å². The van der Waals surface area contributed by atoms with Gasteiger partial charge in [-0.05, 0) is 29.8 Å². The van der Waals surface area contributed by atoms with E-state index < -0.39 is 42.6 Å². The van der Waals surface area contributed by atoms with E-state index in [1.165, 1.54) is 0 Å². The molecule has 3 aromatic rings. The van der Waals surface area contributed by atoms with Crippen LogP contribution in [0.25, 0.3) is 0 Å². The van der Waals surface area contributed by atoms with Crippen LogP contribution in [0.3, 0.4) is 0 Å². The second-order valence-corrected chi connectivity index (χ2v) is 8.02. The van der Waals surface area contributed by atoms with Crippen LogP contribution in [0.5, 0.6) is 0 Å². The SMILES string of the molecule is O=C(OC[C@@H](OC(=O)c1ccccc1)[C@H]1OC(O)[C@H](O)[C@H]1OCc1ccccc1)c1ccccc1. The number of aliphatic hydroxyl groups is 2. The smallest absolute Gasteiger partial charge is 0.338 e. The van der Waals surface area contributed by atoms with Crippen molar-refractivity contribution in [1.82, 2.24) is 0 Å². The van der Waals surface area contributed by atoms with Crippen LogP contribution in [-0.2, 0) is 25.6 Å². The van der Waals surface area contributed by atoms with Gasteiger partial charge in [-0.2, -0.15) is 0 Å². The first-order valence-electron chi connectivity index (χ1n) is 11.2. The largest absolute Gasteiger partial charge is 0.458 e. The average molecular weight is 478 g/mol. The lowest BCUT2D eigenvalue weighted by Gasteiger charge is -2.28. The van der Waals surface area contributed by atoms with Crippen LogP contribution in [0.4, 0.5) is 0 Å². The van der Waals surface area contributed by atoms with Crippen molar-refractivity contribution in [2.24, 2.45) is 0 Å². The van der Waals surface area contributed by atoms with Crippen LogP contribution in [0, 0.1) is 0 Å². The minimum Gasteiger partial charge on any atom is -0.458 e. The van der Waals surface area contributed by atoms with Crippen molar-refractivity contribution in [1.29, 1.82) is 0 Å². The van der Waals surface area contributed by atoms with Crippen molar-refractivity contribution in [3.05, 3.63) is 108 Å². The van der Waals surface area contributed by atoms with Crippen LogP contribution in [-0.4, -0.2) is 59.5 Å². The average Bonchev–Trinajstić information content (AvgIpc) is 3.19. The lowest BCUT2D eigenvalue weighted by atomic mass is 10.1. The van der Waals surface area contributed by atoms with Gasteiger partial charge in [0.25, 0.3) is 0 Å². The van der Waals surface area contributed by atoms with Gasteiger partial charge >= 0.3 is 11.9 Å². The molecule has 1 aliphatic rings. The second-order valence-electron chi connectivity index (χ2n) is 8.02. The Balaban J connectivity index is 1.52. The molecule has 0 aromatic heterocycles. The van der Waals surface area contributed by atoms with Crippen LogP contribution in [0.2, 0.25) is 0 Å². The predicted molar refractivity (Wildman–Crippen MR) is 124 cm³/mol. The number of carbonyl (C=O) groups is 2. The van der Waals surface area contributed by atoms with Crippen LogP contribution < -0.4 is 0 Å². The molecule has 0 saturated carbocycles. The molecular formula is C27H26O8. The highest BCUT2D eigenvalue weighted by atomic mass is 16.7. The summed E-state index contributed by atoms with van der Waals surface area (Å²) in [6, 6.07) is 25.9. The quantitative estimate of drug-likeness (QED) is 0.452. The number of benzene rings is 3. The van der Waals surface area contributed by atoms with Gasteiger partial charge in [0.2, 0.25) is 0 Å². The first-order chi connectivity index (χ1) is 17.0. The van der Waals surface area contributed by atoms with Crippen molar-refractivity contribution in [2.45, 2.75) is 37.3 Å². The van der Waals surface area contributed by atoms with Gasteiger partial charge in [0.1, 0.15) is 24.9 Å². The van der Waals surface area contributed by atoms with E-state index in [1.807, 2.05) is 30.3 Å².